The minimum atomic E-state index is -0.0394. The van der Waals surface area contributed by atoms with E-state index in [2.05, 4.69) is 4.98 Å². The highest BCUT2D eigenvalue weighted by Gasteiger charge is 2.07. The van der Waals surface area contributed by atoms with Crippen LogP contribution in [0.5, 0.6) is 0 Å². The van der Waals surface area contributed by atoms with Gasteiger partial charge in [0, 0.05) is 27.4 Å². The molecule has 3 nitrogen and oxygen atoms in total. The van der Waals surface area contributed by atoms with Gasteiger partial charge in [-0.15, -0.1) is 0 Å². The third-order valence-corrected chi connectivity index (χ3v) is 3.11. The number of hydrogen-bond donors (Lipinski definition) is 1. The Morgan fingerprint density at radius 3 is 2.50 bits per heavy atom. The Kier molecular flexibility index (Phi) is 2.27. The lowest BCUT2D eigenvalue weighted by molar-refractivity contribution is 0.101. The zero-order valence-corrected chi connectivity index (χ0v) is 9.86. The maximum Gasteiger partial charge on any atom is 0.197 e. The highest BCUT2D eigenvalue weighted by molar-refractivity contribution is 6.00. The second kappa shape index (κ2) is 3.81. The SMILES string of the molecule is CC(=O)c1ccc2[nH]c3ccccc3c(=O)c2c1. The molecule has 18 heavy (non-hydrogen) atoms. The number of aromatic nitrogens is 1. The van der Waals surface area contributed by atoms with E-state index in [1.165, 1.54) is 6.92 Å². The van der Waals surface area contributed by atoms with Gasteiger partial charge < -0.3 is 4.98 Å². The molecule has 0 saturated heterocycles. The van der Waals surface area contributed by atoms with Crippen molar-refractivity contribution in [2.24, 2.45) is 0 Å². The Morgan fingerprint density at radius 1 is 1.00 bits per heavy atom. The van der Waals surface area contributed by atoms with E-state index in [9.17, 15) is 9.59 Å². The third kappa shape index (κ3) is 1.52. The van der Waals surface area contributed by atoms with Crippen molar-refractivity contribution in [3.8, 4) is 0 Å². The fraction of sp³-hybridized carbons (Fsp3) is 0.0667. The predicted octanol–water partition coefficient (Wildman–Crippen LogP) is 2.88. The lowest BCUT2D eigenvalue weighted by Gasteiger charge is -2.03. The number of pyridine rings is 1. The summed E-state index contributed by atoms with van der Waals surface area (Å²) in [5.41, 5.74) is 2.08. The molecule has 0 bridgehead atoms. The molecule has 0 aliphatic heterocycles. The first-order valence-electron chi connectivity index (χ1n) is 5.72. The molecule has 0 aliphatic rings. The van der Waals surface area contributed by atoms with Crippen molar-refractivity contribution in [1.29, 1.82) is 0 Å². The van der Waals surface area contributed by atoms with Crippen molar-refractivity contribution in [3.63, 3.8) is 0 Å². The molecule has 0 spiro atoms. The summed E-state index contributed by atoms with van der Waals surface area (Å²) in [4.78, 5) is 26.9. The van der Waals surface area contributed by atoms with Crippen LogP contribution in [0.2, 0.25) is 0 Å². The molecule has 0 fully saturated rings. The number of fused-ring (bicyclic) bond motifs is 2. The normalized spacial score (nSPS) is 10.9. The van der Waals surface area contributed by atoms with Gasteiger partial charge in [-0.2, -0.15) is 0 Å². The minimum absolute atomic E-state index is 0.0375. The minimum Gasteiger partial charge on any atom is -0.354 e. The van der Waals surface area contributed by atoms with Gasteiger partial charge in [-0.25, -0.2) is 0 Å². The monoisotopic (exact) mass is 237 g/mol. The largest absolute Gasteiger partial charge is 0.354 e. The smallest absolute Gasteiger partial charge is 0.197 e. The molecule has 0 atom stereocenters. The lowest BCUT2D eigenvalue weighted by atomic mass is 10.1. The number of aromatic amines is 1. The van der Waals surface area contributed by atoms with Crippen molar-refractivity contribution in [3.05, 3.63) is 58.3 Å². The van der Waals surface area contributed by atoms with E-state index < -0.39 is 0 Å². The highest BCUT2D eigenvalue weighted by Crippen LogP contribution is 2.16. The Hall–Kier alpha value is -2.42. The first kappa shape index (κ1) is 10.7. The second-order valence-corrected chi connectivity index (χ2v) is 4.32. The van der Waals surface area contributed by atoms with Crippen molar-refractivity contribution in [1.82, 2.24) is 4.98 Å². The number of nitrogens with one attached hydrogen (secondary N) is 1. The molecule has 0 aliphatic carbocycles. The summed E-state index contributed by atoms with van der Waals surface area (Å²) < 4.78 is 0. The van der Waals surface area contributed by atoms with E-state index in [0.29, 0.717) is 16.3 Å². The molecule has 3 rings (SSSR count). The molecule has 2 aromatic carbocycles. The van der Waals surface area contributed by atoms with Crippen LogP contribution in [0.25, 0.3) is 21.8 Å². The van der Waals surface area contributed by atoms with Gasteiger partial charge in [-0.05, 0) is 37.3 Å². The Balaban J connectivity index is 2.49. The van der Waals surface area contributed by atoms with Gasteiger partial charge in [0.05, 0.1) is 0 Å². The van der Waals surface area contributed by atoms with Crippen molar-refractivity contribution in [2.45, 2.75) is 6.92 Å². The molecule has 0 saturated carbocycles. The van der Waals surface area contributed by atoms with Crippen molar-refractivity contribution in [2.75, 3.05) is 0 Å². The number of rotatable bonds is 1. The number of Topliss-reactive ketones (excluding diaryl/α,β-unsaturated/α-hetero) is 1. The molecule has 1 aromatic heterocycles. The summed E-state index contributed by atoms with van der Waals surface area (Å²) in [6.45, 7) is 1.50. The summed E-state index contributed by atoms with van der Waals surface area (Å²) >= 11 is 0. The molecule has 1 heterocycles. The van der Waals surface area contributed by atoms with Gasteiger partial charge >= 0.3 is 0 Å². The Morgan fingerprint density at radius 2 is 1.72 bits per heavy atom. The molecule has 0 amide bonds. The van der Waals surface area contributed by atoms with E-state index >= 15 is 0 Å². The van der Waals surface area contributed by atoms with Crippen molar-refractivity contribution < 1.29 is 4.79 Å². The second-order valence-electron chi connectivity index (χ2n) is 4.32. The third-order valence-electron chi connectivity index (χ3n) is 3.11. The molecular weight excluding hydrogens is 226 g/mol. The van der Waals surface area contributed by atoms with Crippen LogP contribution in [0.3, 0.4) is 0 Å². The van der Waals surface area contributed by atoms with Gasteiger partial charge in [-0.1, -0.05) is 12.1 Å². The van der Waals surface area contributed by atoms with Gasteiger partial charge in [0.15, 0.2) is 11.2 Å². The molecule has 88 valence electrons. The number of hydrogen-bond acceptors (Lipinski definition) is 2. The first-order chi connectivity index (χ1) is 8.66. The number of benzene rings is 2. The lowest BCUT2D eigenvalue weighted by Crippen LogP contribution is -2.05. The summed E-state index contributed by atoms with van der Waals surface area (Å²) in [7, 11) is 0. The number of ketones is 1. The average molecular weight is 237 g/mol. The van der Waals surface area contributed by atoms with Crippen LogP contribution in [0.4, 0.5) is 0 Å². The summed E-state index contributed by atoms with van der Waals surface area (Å²) in [5, 5.41) is 1.20. The molecule has 0 radical (unpaired) electrons. The maximum absolute atomic E-state index is 12.3. The summed E-state index contributed by atoms with van der Waals surface area (Å²) in [5.74, 6) is -0.0375. The van der Waals surface area contributed by atoms with Crippen LogP contribution in [0, 0.1) is 0 Å². The number of para-hydroxylation sites is 1. The van der Waals surface area contributed by atoms with E-state index in [0.717, 1.165) is 11.0 Å². The van der Waals surface area contributed by atoms with Crippen LogP contribution >= 0.6 is 0 Å². The summed E-state index contributed by atoms with van der Waals surface area (Å²) in [6, 6.07) is 12.5. The fourth-order valence-corrected chi connectivity index (χ4v) is 2.14. The predicted molar refractivity (Wildman–Crippen MR) is 72.1 cm³/mol. The topological polar surface area (TPSA) is 49.9 Å². The van der Waals surface area contributed by atoms with Crippen LogP contribution in [0.15, 0.2) is 47.3 Å². The average Bonchev–Trinajstić information content (AvgIpc) is 2.38. The van der Waals surface area contributed by atoms with Gasteiger partial charge in [0.1, 0.15) is 0 Å². The number of carbonyl (C=O) groups is 1. The maximum atomic E-state index is 12.3. The molecular formula is C15H11NO2. The Labute approximate surface area is 103 Å². The highest BCUT2D eigenvalue weighted by atomic mass is 16.1. The fourth-order valence-electron chi connectivity index (χ4n) is 2.14. The zero-order valence-electron chi connectivity index (χ0n) is 9.86. The van der Waals surface area contributed by atoms with E-state index in [4.69, 9.17) is 0 Å². The van der Waals surface area contributed by atoms with Crippen LogP contribution < -0.4 is 5.43 Å². The zero-order chi connectivity index (χ0) is 12.7. The number of H-pyrrole nitrogens is 1. The molecule has 3 heteroatoms. The molecule has 0 unspecified atom stereocenters. The van der Waals surface area contributed by atoms with E-state index in [-0.39, 0.29) is 11.2 Å². The quantitative estimate of drug-likeness (QED) is 0.522. The van der Waals surface area contributed by atoms with Gasteiger partial charge in [0.25, 0.3) is 0 Å². The van der Waals surface area contributed by atoms with E-state index in [1.807, 2.05) is 18.2 Å². The van der Waals surface area contributed by atoms with E-state index in [1.54, 1.807) is 24.3 Å². The molecule has 1 N–H and O–H groups in total. The van der Waals surface area contributed by atoms with Gasteiger partial charge in [0.2, 0.25) is 0 Å². The first-order valence-corrected chi connectivity index (χ1v) is 5.72. The van der Waals surface area contributed by atoms with Crippen LogP contribution in [-0.2, 0) is 0 Å². The van der Waals surface area contributed by atoms with Crippen molar-refractivity contribution >= 4 is 27.6 Å². The van der Waals surface area contributed by atoms with Gasteiger partial charge in [-0.3, -0.25) is 9.59 Å². The number of carbonyl (C=O) groups excluding carboxylic acids is 1. The molecule has 3 aromatic rings. The summed E-state index contributed by atoms with van der Waals surface area (Å²) in [6.07, 6.45) is 0. The van der Waals surface area contributed by atoms with Crippen LogP contribution in [0.1, 0.15) is 17.3 Å². The Bertz CT molecular complexity index is 831. The van der Waals surface area contributed by atoms with Crippen LogP contribution in [-0.4, -0.2) is 10.8 Å². The standard InChI is InChI=1S/C15H11NO2/c1-9(17)10-6-7-14-12(8-10)15(18)11-4-2-3-5-13(11)16-14/h2-8H,1H3,(H,16,18).